The van der Waals surface area contributed by atoms with E-state index in [2.05, 4.69) is 31.0 Å². The van der Waals surface area contributed by atoms with Crippen LogP contribution in [-0.2, 0) is 0 Å². The Bertz CT molecular complexity index is 215. The van der Waals surface area contributed by atoms with Crippen molar-refractivity contribution < 1.29 is 0 Å². The van der Waals surface area contributed by atoms with Crippen molar-refractivity contribution >= 4 is 0 Å². The molecule has 1 saturated heterocycles. The van der Waals surface area contributed by atoms with Crippen LogP contribution in [0.1, 0.15) is 52.9 Å². The van der Waals surface area contributed by atoms with Crippen molar-refractivity contribution in [1.29, 1.82) is 0 Å². The third kappa shape index (κ3) is 3.21. The minimum atomic E-state index is 0.625. The lowest BCUT2D eigenvalue weighted by Crippen LogP contribution is -2.47. The minimum absolute atomic E-state index is 0.625. The first-order valence-corrected chi connectivity index (χ1v) is 7.10. The van der Waals surface area contributed by atoms with Crippen LogP contribution in [0, 0.1) is 5.41 Å². The van der Waals surface area contributed by atoms with E-state index >= 15 is 0 Å². The van der Waals surface area contributed by atoms with Crippen LogP contribution in [0.5, 0.6) is 0 Å². The molecule has 2 heteroatoms. The van der Waals surface area contributed by atoms with Gasteiger partial charge in [-0.2, -0.15) is 0 Å². The van der Waals surface area contributed by atoms with Crippen molar-refractivity contribution in [2.24, 2.45) is 5.41 Å². The summed E-state index contributed by atoms with van der Waals surface area (Å²) in [7, 11) is 0. The first-order chi connectivity index (χ1) is 7.63. The largest absolute Gasteiger partial charge is 0.312 e. The topological polar surface area (TPSA) is 15.3 Å². The zero-order chi connectivity index (χ0) is 11.6. The molecule has 16 heavy (non-hydrogen) atoms. The number of nitrogens with zero attached hydrogens (tertiary/aromatic N) is 1. The first kappa shape index (κ1) is 12.4. The molecular formula is C14H28N2. The van der Waals surface area contributed by atoms with E-state index in [9.17, 15) is 0 Å². The molecule has 0 aromatic carbocycles. The second-order valence-electron chi connectivity index (χ2n) is 6.23. The number of rotatable bonds is 5. The molecule has 1 N–H and O–H groups in total. The molecule has 1 unspecified atom stereocenters. The van der Waals surface area contributed by atoms with Crippen molar-refractivity contribution in [3.8, 4) is 0 Å². The van der Waals surface area contributed by atoms with Crippen molar-refractivity contribution in [3.63, 3.8) is 0 Å². The highest BCUT2D eigenvalue weighted by atomic mass is 15.2. The van der Waals surface area contributed by atoms with E-state index in [1.165, 1.54) is 51.7 Å². The van der Waals surface area contributed by atoms with Crippen LogP contribution in [-0.4, -0.2) is 36.6 Å². The van der Waals surface area contributed by atoms with Gasteiger partial charge >= 0.3 is 0 Å². The fourth-order valence-electron chi connectivity index (χ4n) is 2.61. The average Bonchev–Trinajstić information content (AvgIpc) is 3.11. The summed E-state index contributed by atoms with van der Waals surface area (Å²) in [5, 5.41) is 3.65. The SMILES string of the molecule is CCC1(C)CCN(C(C)CNC2CC2)CC1. The molecule has 0 aromatic rings. The second kappa shape index (κ2) is 5.05. The number of piperidine rings is 1. The van der Waals surface area contributed by atoms with Crippen LogP contribution < -0.4 is 5.32 Å². The van der Waals surface area contributed by atoms with Gasteiger partial charge in [-0.05, 0) is 51.1 Å². The smallest absolute Gasteiger partial charge is 0.0192 e. The zero-order valence-electron chi connectivity index (χ0n) is 11.3. The van der Waals surface area contributed by atoms with Crippen molar-refractivity contribution in [1.82, 2.24) is 10.2 Å². The Labute approximate surface area is 101 Å². The summed E-state index contributed by atoms with van der Waals surface area (Å²) in [4.78, 5) is 2.67. The summed E-state index contributed by atoms with van der Waals surface area (Å²) in [5.41, 5.74) is 0.625. The van der Waals surface area contributed by atoms with Gasteiger partial charge in [0, 0.05) is 18.6 Å². The zero-order valence-corrected chi connectivity index (χ0v) is 11.3. The molecule has 1 atom stereocenters. The first-order valence-electron chi connectivity index (χ1n) is 7.10. The van der Waals surface area contributed by atoms with Gasteiger partial charge in [0.15, 0.2) is 0 Å². The lowest BCUT2D eigenvalue weighted by atomic mass is 9.78. The van der Waals surface area contributed by atoms with Gasteiger partial charge in [-0.15, -0.1) is 0 Å². The van der Waals surface area contributed by atoms with Gasteiger partial charge in [-0.3, -0.25) is 4.90 Å². The van der Waals surface area contributed by atoms with Gasteiger partial charge in [-0.1, -0.05) is 20.3 Å². The standard InChI is InChI=1S/C14H28N2/c1-4-14(3)7-9-16(10-8-14)12(2)11-15-13-5-6-13/h12-13,15H,4-11H2,1-3H3. The quantitative estimate of drug-likeness (QED) is 0.772. The third-order valence-electron chi connectivity index (χ3n) is 4.76. The van der Waals surface area contributed by atoms with E-state index in [0.717, 1.165) is 12.1 Å². The van der Waals surface area contributed by atoms with Crippen LogP contribution in [0.25, 0.3) is 0 Å². The second-order valence-corrected chi connectivity index (χ2v) is 6.23. The molecule has 1 aliphatic carbocycles. The summed E-state index contributed by atoms with van der Waals surface area (Å²) in [6.45, 7) is 11.0. The Balaban J connectivity index is 1.70. The van der Waals surface area contributed by atoms with Crippen molar-refractivity contribution in [3.05, 3.63) is 0 Å². The Hall–Kier alpha value is -0.0800. The van der Waals surface area contributed by atoms with Gasteiger partial charge in [0.25, 0.3) is 0 Å². The molecule has 2 fully saturated rings. The molecule has 1 heterocycles. The summed E-state index contributed by atoms with van der Waals surface area (Å²) < 4.78 is 0. The maximum atomic E-state index is 3.65. The molecule has 1 aliphatic heterocycles. The van der Waals surface area contributed by atoms with Crippen LogP contribution in [0.2, 0.25) is 0 Å². The summed E-state index contributed by atoms with van der Waals surface area (Å²) >= 11 is 0. The predicted octanol–water partition coefficient (Wildman–Crippen LogP) is 2.64. The lowest BCUT2D eigenvalue weighted by Gasteiger charge is -2.41. The molecule has 2 nitrogen and oxygen atoms in total. The van der Waals surface area contributed by atoms with E-state index in [1.54, 1.807) is 0 Å². The van der Waals surface area contributed by atoms with E-state index in [-0.39, 0.29) is 0 Å². The minimum Gasteiger partial charge on any atom is -0.312 e. The third-order valence-corrected chi connectivity index (χ3v) is 4.76. The van der Waals surface area contributed by atoms with Crippen LogP contribution in [0.15, 0.2) is 0 Å². The average molecular weight is 224 g/mol. The van der Waals surface area contributed by atoms with Crippen molar-refractivity contribution in [2.75, 3.05) is 19.6 Å². The molecule has 0 amide bonds. The molecule has 2 rings (SSSR count). The van der Waals surface area contributed by atoms with Crippen LogP contribution in [0.4, 0.5) is 0 Å². The Morgan fingerprint density at radius 3 is 2.44 bits per heavy atom. The van der Waals surface area contributed by atoms with Gasteiger partial charge in [0.1, 0.15) is 0 Å². The fraction of sp³-hybridized carbons (Fsp3) is 1.00. The molecular weight excluding hydrogens is 196 g/mol. The number of hydrogen-bond acceptors (Lipinski definition) is 2. The lowest BCUT2D eigenvalue weighted by molar-refractivity contribution is 0.0860. The highest BCUT2D eigenvalue weighted by Crippen LogP contribution is 2.34. The molecule has 2 aliphatic rings. The van der Waals surface area contributed by atoms with E-state index in [4.69, 9.17) is 0 Å². The number of nitrogens with one attached hydrogen (secondary N) is 1. The van der Waals surface area contributed by atoms with Gasteiger partial charge in [0.2, 0.25) is 0 Å². The van der Waals surface area contributed by atoms with E-state index in [0.29, 0.717) is 5.41 Å². The van der Waals surface area contributed by atoms with Crippen molar-refractivity contribution in [2.45, 2.75) is 65.0 Å². The van der Waals surface area contributed by atoms with Crippen LogP contribution >= 0.6 is 0 Å². The summed E-state index contributed by atoms with van der Waals surface area (Å²) in [5.74, 6) is 0. The summed E-state index contributed by atoms with van der Waals surface area (Å²) in [6.07, 6.45) is 6.92. The Morgan fingerprint density at radius 1 is 1.31 bits per heavy atom. The molecule has 94 valence electrons. The Morgan fingerprint density at radius 2 is 1.94 bits per heavy atom. The fourth-order valence-corrected chi connectivity index (χ4v) is 2.61. The number of likely N-dealkylation sites (tertiary alicyclic amines) is 1. The Kier molecular flexibility index (Phi) is 3.91. The van der Waals surface area contributed by atoms with Gasteiger partial charge < -0.3 is 5.32 Å². The highest BCUT2D eigenvalue weighted by molar-refractivity contribution is 4.86. The van der Waals surface area contributed by atoms with E-state index < -0.39 is 0 Å². The molecule has 0 spiro atoms. The summed E-state index contributed by atoms with van der Waals surface area (Å²) in [6, 6.07) is 1.58. The number of hydrogen-bond donors (Lipinski definition) is 1. The maximum Gasteiger partial charge on any atom is 0.0192 e. The molecule has 0 aromatic heterocycles. The molecule has 1 saturated carbocycles. The highest BCUT2D eigenvalue weighted by Gasteiger charge is 2.30. The normalized spacial score (nSPS) is 27.9. The molecule has 0 bridgehead atoms. The van der Waals surface area contributed by atoms with Gasteiger partial charge in [0.05, 0.1) is 0 Å². The van der Waals surface area contributed by atoms with Gasteiger partial charge in [-0.25, -0.2) is 0 Å². The molecule has 0 radical (unpaired) electrons. The monoisotopic (exact) mass is 224 g/mol. The maximum absolute atomic E-state index is 3.65. The van der Waals surface area contributed by atoms with E-state index in [1.807, 2.05) is 0 Å². The predicted molar refractivity (Wildman–Crippen MR) is 69.7 cm³/mol. The van der Waals surface area contributed by atoms with Crippen LogP contribution in [0.3, 0.4) is 0 Å².